The Bertz CT molecular complexity index is 204. The molecule has 80 valence electrons. The Balaban J connectivity index is 2.27. The lowest BCUT2D eigenvalue weighted by molar-refractivity contribution is -0.0681. The minimum Gasteiger partial charge on any atom is -0.373 e. The van der Waals surface area contributed by atoms with Gasteiger partial charge >= 0.3 is 0 Å². The van der Waals surface area contributed by atoms with Crippen LogP contribution in [0, 0.1) is 11.3 Å². The fourth-order valence-electron chi connectivity index (χ4n) is 1.85. The lowest BCUT2D eigenvalue weighted by atomic mass is 10.2. The summed E-state index contributed by atoms with van der Waals surface area (Å²) in [6.07, 6.45) is 1.32. The number of nitrogens with two attached hydrogens (primary N) is 1. The van der Waals surface area contributed by atoms with Crippen molar-refractivity contribution in [2.75, 3.05) is 19.6 Å². The van der Waals surface area contributed by atoms with Gasteiger partial charge in [-0.1, -0.05) is 0 Å². The molecule has 1 fully saturated rings. The molecule has 1 heterocycles. The summed E-state index contributed by atoms with van der Waals surface area (Å²) in [6.45, 7) is 6.94. The second-order valence-corrected chi connectivity index (χ2v) is 4.04. The monoisotopic (exact) mass is 197 g/mol. The Morgan fingerprint density at radius 1 is 1.50 bits per heavy atom. The summed E-state index contributed by atoms with van der Waals surface area (Å²) >= 11 is 0. The Morgan fingerprint density at radius 2 is 2.07 bits per heavy atom. The minimum atomic E-state index is -0.330. The van der Waals surface area contributed by atoms with E-state index in [-0.39, 0.29) is 18.2 Å². The third kappa shape index (κ3) is 3.62. The first-order chi connectivity index (χ1) is 6.61. The molecule has 0 saturated carbocycles. The molecule has 0 amide bonds. The molecule has 0 aromatic heterocycles. The molecule has 4 nitrogen and oxygen atoms in total. The summed E-state index contributed by atoms with van der Waals surface area (Å²) in [6, 6.07) is 1.72. The van der Waals surface area contributed by atoms with E-state index in [1.165, 1.54) is 0 Å². The average molecular weight is 197 g/mol. The van der Waals surface area contributed by atoms with Gasteiger partial charge in [0.1, 0.15) is 0 Å². The Labute approximate surface area is 85.6 Å². The molecule has 4 heteroatoms. The topological polar surface area (TPSA) is 62.3 Å². The summed E-state index contributed by atoms with van der Waals surface area (Å²) in [5, 5.41) is 8.55. The highest BCUT2D eigenvalue weighted by Gasteiger charge is 2.21. The van der Waals surface area contributed by atoms with Crippen molar-refractivity contribution in [1.82, 2.24) is 4.90 Å². The first kappa shape index (κ1) is 11.4. The molecule has 1 aliphatic heterocycles. The third-order valence-electron chi connectivity index (χ3n) is 2.42. The van der Waals surface area contributed by atoms with Gasteiger partial charge in [0.2, 0.25) is 0 Å². The van der Waals surface area contributed by atoms with E-state index in [4.69, 9.17) is 15.7 Å². The van der Waals surface area contributed by atoms with Crippen LogP contribution in [0.25, 0.3) is 0 Å². The van der Waals surface area contributed by atoms with Crippen molar-refractivity contribution in [3.8, 4) is 6.07 Å². The first-order valence-electron chi connectivity index (χ1n) is 5.15. The van der Waals surface area contributed by atoms with Gasteiger partial charge in [-0.05, 0) is 20.3 Å². The zero-order valence-electron chi connectivity index (χ0n) is 8.94. The summed E-state index contributed by atoms with van der Waals surface area (Å²) in [5.41, 5.74) is 5.54. The standard InChI is InChI=1S/C10H19N3O/c1-8-6-13(7-9(2)14-8)4-3-10(12)5-11/h8-10H,3-4,6-7,12H2,1-2H3/t8-,9+,10?. The number of nitrogens with zero attached hydrogens (tertiary/aromatic N) is 2. The maximum absolute atomic E-state index is 8.55. The van der Waals surface area contributed by atoms with Crippen molar-refractivity contribution in [2.24, 2.45) is 5.73 Å². The van der Waals surface area contributed by atoms with Crippen LogP contribution in [-0.4, -0.2) is 42.8 Å². The molecule has 0 bridgehead atoms. The third-order valence-corrected chi connectivity index (χ3v) is 2.42. The number of ether oxygens (including phenoxy) is 1. The van der Waals surface area contributed by atoms with Gasteiger partial charge in [-0.25, -0.2) is 0 Å². The highest BCUT2D eigenvalue weighted by molar-refractivity contribution is 4.87. The molecule has 0 spiro atoms. The zero-order valence-corrected chi connectivity index (χ0v) is 8.94. The van der Waals surface area contributed by atoms with Crippen LogP contribution in [0.15, 0.2) is 0 Å². The van der Waals surface area contributed by atoms with Crippen LogP contribution >= 0.6 is 0 Å². The molecule has 1 saturated heterocycles. The van der Waals surface area contributed by atoms with Crippen LogP contribution < -0.4 is 5.73 Å². The lowest BCUT2D eigenvalue weighted by Crippen LogP contribution is -2.46. The Kier molecular flexibility index (Phi) is 4.33. The molecule has 14 heavy (non-hydrogen) atoms. The highest BCUT2D eigenvalue weighted by Crippen LogP contribution is 2.10. The first-order valence-corrected chi connectivity index (χ1v) is 5.15. The quantitative estimate of drug-likeness (QED) is 0.708. The smallest absolute Gasteiger partial charge is 0.0940 e. The number of hydrogen-bond acceptors (Lipinski definition) is 4. The minimum absolute atomic E-state index is 0.289. The van der Waals surface area contributed by atoms with Crippen molar-refractivity contribution in [3.05, 3.63) is 0 Å². The van der Waals surface area contributed by atoms with Gasteiger partial charge in [0, 0.05) is 19.6 Å². The summed E-state index contributed by atoms with van der Waals surface area (Å²) in [5.74, 6) is 0. The van der Waals surface area contributed by atoms with Gasteiger partial charge in [-0.2, -0.15) is 5.26 Å². The van der Waals surface area contributed by atoms with E-state index in [0.717, 1.165) is 26.1 Å². The largest absolute Gasteiger partial charge is 0.373 e. The summed E-state index contributed by atoms with van der Waals surface area (Å²) in [7, 11) is 0. The van der Waals surface area contributed by atoms with Crippen LogP contribution in [-0.2, 0) is 4.74 Å². The molecular weight excluding hydrogens is 178 g/mol. The van der Waals surface area contributed by atoms with Crippen LogP contribution in [0.2, 0.25) is 0 Å². The fourth-order valence-corrected chi connectivity index (χ4v) is 1.85. The zero-order chi connectivity index (χ0) is 10.6. The molecule has 0 aliphatic carbocycles. The SMILES string of the molecule is C[C@@H]1CN(CCC(N)C#N)C[C@H](C)O1. The van der Waals surface area contributed by atoms with Gasteiger partial charge in [0.05, 0.1) is 24.3 Å². The molecule has 1 unspecified atom stereocenters. The van der Waals surface area contributed by atoms with Crippen molar-refractivity contribution in [1.29, 1.82) is 5.26 Å². The van der Waals surface area contributed by atoms with Gasteiger partial charge < -0.3 is 10.5 Å². The lowest BCUT2D eigenvalue weighted by Gasteiger charge is -2.35. The maximum Gasteiger partial charge on any atom is 0.0940 e. The Hall–Kier alpha value is -0.630. The normalized spacial score (nSPS) is 31.0. The van der Waals surface area contributed by atoms with Gasteiger partial charge in [0.15, 0.2) is 0 Å². The van der Waals surface area contributed by atoms with E-state index in [0.29, 0.717) is 0 Å². The maximum atomic E-state index is 8.55. The van der Waals surface area contributed by atoms with E-state index in [1.54, 1.807) is 0 Å². The molecular formula is C10H19N3O. The summed E-state index contributed by atoms with van der Waals surface area (Å²) < 4.78 is 5.61. The molecule has 0 radical (unpaired) electrons. The predicted molar refractivity (Wildman–Crippen MR) is 54.7 cm³/mol. The van der Waals surface area contributed by atoms with Gasteiger partial charge in [-0.3, -0.25) is 4.90 Å². The number of rotatable bonds is 3. The number of hydrogen-bond donors (Lipinski definition) is 1. The van der Waals surface area contributed by atoms with E-state index in [1.807, 2.05) is 6.07 Å². The fraction of sp³-hybridized carbons (Fsp3) is 0.900. The van der Waals surface area contributed by atoms with E-state index in [9.17, 15) is 0 Å². The summed E-state index contributed by atoms with van der Waals surface area (Å²) in [4.78, 5) is 2.32. The molecule has 1 rings (SSSR count). The molecule has 0 aromatic rings. The van der Waals surface area contributed by atoms with Gasteiger partial charge in [-0.15, -0.1) is 0 Å². The molecule has 0 aromatic carbocycles. The van der Waals surface area contributed by atoms with Gasteiger partial charge in [0.25, 0.3) is 0 Å². The van der Waals surface area contributed by atoms with Crippen molar-refractivity contribution >= 4 is 0 Å². The van der Waals surface area contributed by atoms with E-state index >= 15 is 0 Å². The van der Waals surface area contributed by atoms with Crippen LogP contribution in [0.5, 0.6) is 0 Å². The second-order valence-electron chi connectivity index (χ2n) is 4.04. The average Bonchev–Trinajstić information content (AvgIpc) is 2.12. The van der Waals surface area contributed by atoms with Crippen molar-refractivity contribution in [3.63, 3.8) is 0 Å². The Morgan fingerprint density at radius 3 is 2.57 bits per heavy atom. The van der Waals surface area contributed by atoms with E-state index in [2.05, 4.69) is 18.7 Å². The highest BCUT2D eigenvalue weighted by atomic mass is 16.5. The predicted octanol–water partition coefficient (Wildman–Crippen LogP) is 0.337. The van der Waals surface area contributed by atoms with Crippen molar-refractivity contribution in [2.45, 2.75) is 38.5 Å². The molecule has 2 N–H and O–H groups in total. The number of morpholine rings is 1. The van der Waals surface area contributed by atoms with E-state index < -0.39 is 0 Å². The van der Waals surface area contributed by atoms with Crippen LogP contribution in [0.3, 0.4) is 0 Å². The molecule has 3 atom stereocenters. The van der Waals surface area contributed by atoms with Crippen molar-refractivity contribution < 1.29 is 4.74 Å². The van der Waals surface area contributed by atoms with Crippen LogP contribution in [0.1, 0.15) is 20.3 Å². The number of nitriles is 1. The molecule has 1 aliphatic rings. The van der Waals surface area contributed by atoms with Crippen LogP contribution in [0.4, 0.5) is 0 Å². The second kappa shape index (κ2) is 5.30.